The molecule has 1 N–H and O–H groups in total. The highest BCUT2D eigenvalue weighted by Crippen LogP contribution is 2.22. The first kappa shape index (κ1) is 61.9. The first-order valence-corrected chi connectivity index (χ1v) is 26.8. The molecule has 0 spiro atoms. The maximum absolute atomic E-state index is 13.3. The Kier molecular flexibility index (Phi) is 24.8. The summed E-state index contributed by atoms with van der Waals surface area (Å²) >= 11 is 0. The summed E-state index contributed by atoms with van der Waals surface area (Å²) in [7, 11) is 0. The fourth-order valence-corrected chi connectivity index (χ4v) is 7.71. The number of ether oxygens (including phenoxy) is 5. The fourth-order valence-electron chi connectivity index (χ4n) is 7.71. The van der Waals surface area contributed by atoms with Crippen LogP contribution in [0.2, 0.25) is 0 Å². The van der Waals surface area contributed by atoms with Gasteiger partial charge < -0.3 is 33.9 Å². The number of carbonyl (C=O) groups excluding carboxylic acids is 5. The number of hydrogen-bond donors (Lipinski definition) is 1. The SMILES string of the molecule is CCCCCCCOc1ccc(C(=O)Oc2ccc(CN(CC(=O)OC(C)(C)C)C(=O)c3ccc([N+](=O)[O-])cc3)cc2)cc1.CCCCCCCOc1ccc(C(=O)Oc2ccc(CNC(=O)c3ccc([N+](=O)[O-])cc3)cc2)cc1. The Bertz CT molecular complexity index is 2940. The topological polar surface area (TPSA) is 233 Å². The van der Waals surface area contributed by atoms with E-state index in [1.165, 1.54) is 92.0 Å². The second kappa shape index (κ2) is 32.1. The summed E-state index contributed by atoms with van der Waals surface area (Å²) in [6, 6.07) is 37.6. The fraction of sp³-hybridized carbons (Fsp3) is 0.339. The Morgan fingerprint density at radius 3 is 1.29 bits per heavy atom. The minimum absolute atomic E-state index is 0.0450. The lowest BCUT2D eigenvalue weighted by Gasteiger charge is -2.25. The Morgan fingerprint density at radius 1 is 0.487 bits per heavy atom. The molecule has 6 rings (SSSR count). The van der Waals surface area contributed by atoms with Crippen LogP contribution in [0.4, 0.5) is 11.4 Å². The minimum Gasteiger partial charge on any atom is -0.494 e. The normalized spacial score (nSPS) is 10.8. The summed E-state index contributed by atoms with van der Waals surface area (Å²) in [5.41, 5.74) is 1.82. The van der Waals surface area contributed by atoms with Crippen LogP contribution in [0.3, 0.4) is 0 Å². The van der Waals surface area contributed by atoms with Crippen LogP contribution in [-0.4, -0.2) is 69.8 Å². The van der Waals surface area contributed by atoms with Gasteiger partial charge in [-0.2, -0.15) is 0 Å². The van der Waals surface area contributed by atoms with Gasteiger partial charge in [-0.05, 0) is 142 Å². The Morgan fingerprint density at radius 2 is 0.875 bits per heavy atom. The van der Waals surface area contributed by atoms with Crippen molar-refractivity contribution in [2.45, 2.75) is 118 Å². The third kappa shape index (κ3) is 21.8. The van der Waals surface area contributed by atoms with Crippen molar-refractivity contribution < 1.29 is 57.5 Å². The van der Waals surface area contributed by atoms with Gasteiger partial charge in [0.05, 0.1) is 34.2 Å². The van der Waals surface area contributed by atoms with Gasteiger partial charge >= 0.3 is 17.9 Å². The van der Waals surface area contributed by atoms with E-state index in [-0.39, 0.29) is 42.5 Å². The van der Waals surface area contributed by atoms with Crippen molar-refractivity contribution in [3.05, 3.63) is 199 Å². The zero-order valence-electron chi connectivity index (χ0n) is 46.0. The largest absolute Gasteiger partial charge is 0.494 e. The molecular formula is C62H70N4O14. The smallest absolute Gasteiger partial charge is 0.343 e. The molecule has 6 aromatic rings. The maximum Gasteiger partial charge on any atom is 0.343 e. The Hall–Kier alpha value is -8.93. The van der Waals surface area contributed by atoms with E-state index < -0.39 is 39.3 Å². The average Bonchev–Trinajstić information content (AvgIpc) is 3.44. The lowest BCUT2D eigenvalue weighted by Crippen LogP contribution is -2.38. The number of benzene rings is 6. The number of rotatable bonds is 28. The number of nitrogens with zero attached hydrogens (tertiary/aromatic N) is 3. The van der Waals surface area contributed by atoms with Crippen molar-refractivity contribution in [1.29, 1.82) is 0 Å². The molecule has 80 heavy (non-hydrogen) atoms. The number of nitrogens with one attached hydrogen (secondary N) is 1. The van der Waals surface area contributed by atoms with E-state index in [0.29, 0.717) is 52.7 Å². The predicted molar refractivity (Wildman–Crippen MR) is 302 cm³/mol. The van der Waals surface area contributed by atoms with Gasteiger partial charge in [-0.3, -0.25) is 34.6 Å². The second-order valence-electron chi connectivity index (χ2n) is 19.7. The summed E-state index contributed by atoms with van der Waals surface area (Å²) in [6.07, 6.45) is 11.6. The Balaban J connectivity index is 0.000000300. The molecule has 18 heteroatoms. The maximum atomic E-state index is 13.3. The number of nitro benzene ring substituents is 2. The molecule has 0 aliphatic heterocycles. The van der Waals surface area contributed by atoms with Gasteiger partial charge in [0.2, 0.25) is 0 Å². The third-order valence-electron chi connectivity index (χ3n) is 12.0. The molecule has 18 nitrogen and oxygen atoms in total. The molecule has 0 aliphatic carbocycles. The molecule has 0 atom stereocenters. The number of non-ortho nitro benzene ring substituents is 2. The lowest BCUT2D eigenvalue weighted by atomic mass is 10.1. The summed E-state index contributed by atoms with van der Waals surface area (Å²) in [5, 5.41) is 24.5. The summed E-state index contributed by atoms with van der Waals surface area (Å²) in [4.78, 5) is 85.2. The van der Waals surface area contributed by atoms with Crippen LogP contribution < -0.4 is 24.3 Å². The first-order valence-electron chi connectivity index (χ1n) is 26.8. The van der Waals surface area contributed by atoms with E-state index in [4.69, 9.17) is 23.7 Å². The van der Waals surface area contributed by atoms with Gasteiger partial charge in [0.1, 0.15) is 35.1 Å². The highest BCUT2D eigenvalue weighted by molar-refractivity contribution is 5.96. The van der Waals surface area contributed by atoms with Crippen molar-refractivity contribution in [1.82, 2.24) is 10.2 Å². The zero-order chi connectivity index (χ0) is 57.9. The zero-order valence-corrected chi connectivity index (χ0v) is 46.0. The quantitative estimate of drug-likeness (QED) is 0.0158. The first-order chi connectivity index (χ1) is 38.4. The number of unbranched alkanes of at least 4 members (excludes halogenated alkanes) is 8. The van der Waals surface area contributed by atoms with Gasteiger partial charge in [-0.1, -0.05) is 89.5 Å². The van der Waals surface area contributed by atoms with Crippen LogP contribution >= 0.6 is 0 Å². The average molecular weight is 1100 g/mol. The van der Waals surface area contributed by atoms with Crippen molar-refractivity contribution in [3.63, 3.8) is 0 Å². The molecule has 0 fully saturated rings. The van der Waals surface area contributed by atoms with Gasteiger partial charge in [0, 0.05) is 48.5 Å². The molecule has 2 amide bonds. The number of hydrogen-bond acceptors (Lipinski definition) is 14. The number of esters is 3. The molecule has 0 bridgehead atoms. The molecular weight excluding hydrogens is 1020 g/mol. The van der Waals surface area contributed by atoms with Crippen LogP contribution in [0.25, 0.3) is 0 Å². The molecule has 0 saturated heterocycles. The number of nitro groups is 2. The van der Waals surface area contributed by atoms with Crippen LogP contribution in [0.1, 0.15) is 151 Å². The monoisotopic (exact) mass is 1090 g/mol. The van der Waals surface area contributed by atoms with E-state index >= 15 is 0 Å². The summed E-state index contributed by atoms with van der Waals surface area (Å²) < 4.78 is 27.8. The summed E-state index contributed by atoms with van der Waals surface area (Å²) in [5.74, 6) is -0.313. The van der Waals surface area contributed by atoms with E-state index in [9.17, 15) is 44.2 Å². The molecule has 0 aromatic heterocycles. The van der Waals surface area contributed by atoms with Crippen LogP contribution in [0.15, 0.2) is 146 Å². The van der Waals surface area contributed by atoms with Crippen molar-refractivity contribution in [2.75, 3.05) is 19.8 Å². The number of carbonyl (C=O) groups is 5. The van der Waals surface area contributed by atoms with Crippen LogP contribution in [0.5, 0.6) is 23.0 Å². The molecule has 0 heterocycles. The van der Waals surface area contributed by atoms with Crippen LogP contribution in [-0.2, 0) is 22.6 Å². The van der Waals surface area contributed by atoms with E-state index in [0.717, 1.165) is 37.0 Å². The molecule has 0 unspecified atom stereocenters. The van der Waals surface area contributed by atoms with Crippen LogP contribution in [0, 0.1) is 20.2 Å². The van der Waals surface area contributed by atoms with E-state index in [2.05, 4.69) is 19.2 Å². The highest BCUT2D eigenvalue weighted by Gasteiger charge is 2.24. The van der Waals surface area contributed by atoms with Gasteiger partial charge in [-0.25, -0.2) is 9.59 Å². The van der Waals surface area contributed by atoms with E-state index in [1.54, 1.807) is 118 Å². The molecule has 422 valence electrons. The van der Waals surface area contributed by atoms with E-state index in [1.807, 2.05) is 0 Å². The highest BCUT2D eigenvalue weighted by atomic mass is 16.6. The predicted octanol–water partition coefficient (Wildman–Crippen LogP) is 13.2. The van der Waals surface area contributed by atoms with Crippen molar-refractivity contribution >= 4 is 41.1 Å². The third-order valence-corrected chi connectivity index (χ3v) is 12.0. The van der Waals surface area contributed by atoms with Crippen molar-refractivity contribution in [2.24, 2.45) is 0 Å². The second-order valence-corrected chi connectivity index (χ2v) is 19.7. The molecule has 0 saturated carbocycles. The Labute approximate surface area is 466 Å². The minimum atomic E-state index is -0.744. The van der Waals surface area contributed by atoms with Gasteiger partial charge in [0.25, 0.3) is 23.2 Å². The standard InChI is InChI=1S/C34H40N2O8.C28H30N2O6/c1-5-6-7-8-9-22-42-29-20-14-27(15-21-29)33(39)43-30-18-10-25(11-19-30)23-35(24-31(37)44-34(2,3)4)32(38)26-12-16-28(17-13-26)36(40)41;1-2-3-4-5-6-19-35-25-17-11-23(12-18-25)28(32)36-26-15-7-21(8-16-26)20-29-27(31)22-9-13-24(14-10-22)30(33)34/h10-21H,5-9,22-24H2,1-4H3;7-18H,2-6,19-20H2,1H3,(H,29,31). The van der Waals surface area contributed by atoms with Gasteiger partial charge in [-0.15, -0.1) is 0 Å². The molecule has 0 radical (unpaired) electrons. The lowest BCUT2D eigenvalue weighted by molar-refractivity contribution is -0.385. The van der Waals surface area contributed by atoms with Gasteiger partial charge in [0.15, 0.2) is 0 Å². The number of amides is 2. The molecule has 0 aliphatic rings. The van der Waals surface area contributed by atoms with Crippen molar-refractivity contribution in [3.8, 4) is 23.0 Å². The molecule has 6 aromatic carbocycles. The summed E-state index contributed by atoms with van der Waals surface area (Å²) in [6.45, 7) is 10.8.